The van der Waals surface area contributed by atoms with Gasteiger partial charge in [-0.2, -0.15) is 0 Å². The van der Waals surface area contributed by atoms with Crippen molar-refractivity contribution in [1.29, 1.82) is 0 Å². The molecule has 1 aromatic carbocycles. The van der Waals surface area contributed by atoms with Crippen LogP contribution in [0.25, 0.3) is 6.08 Å². The van der Waals surface area contributed by atoms with E-state index in [1.807, 2.05) is 0 Å². The minimum absolute atomic E-state index is 0.143. The molecule has 0 saturated carbocycles. The van der Waals surface area contributed by atoms with Gasteiger partial charge >= 0.3 is 5.97 Å². The highest BCUT2D eigenvalue weighted by Crippen LogP contribution is 2.37. The van der Waals surface area contributed by atoms with E-state index >= 15 is 0 Å². The van der Waals surface area contributed by atoms with Gasteiger partial charge in [0.05, 0.1) is 20.8 Å². The molecule has 0 aliphatic heterocycles. The Morgan fingerprint density at radius 3 is 2.16 bits per heavy atom. The van der Waals surface area contributed by atoms with Crippen molar-refractivity contribution < 1.29 is 29.2 Å². The van der Waals surface area contributed by atoms with Gasteiger partial charge in [-0.15, -0.1) is 0 Å². The standard InChI is InChI=1S/C13H16O6/c1-4-19-11(13(15)16)7-8-5-9(17-2)12(14)10(6-8)18-3/h5-7,14H,4H2,1-3H3,(H,15,16)/b11-7-. The first-order valence-corrected chi connectivity index (χ1v) is 5.56. The fourth-order valence-corrected chi connectivity index (χ4v) is 1.47. The van der Waals surface area contributed by atoms with E-state index in [1.54, 1.807) is 6.92 Å². The van der Waals surface area contributed by atoms with Gasteiger partial charge in [-0.1, -0.05) is 0 Å². The summed E-state index contributed by atoms with van der Waals surface area (Å²) < 4.78 is 15.0. The molecule has 2 N–H and O–H groups in total. The molecule has 0 saturated heterocycles. The molecule has 0 heterocycles. The average molecular weight is 268 g/mol. The van der Waals surface area contributed by atoms with Gasteiger partial charge in [-0.25, -0.2) is 4.79 Å². The van der Waals surface area contributed by atoms with Crippen LogP contribution < -0.4 is 9.47 Å². The van der Waals surface area contributed by atoms with Gasteiger partial charge in [0, 0.05) is 0 Å². The molecule has 0 amide bonds. The average Bonchev–Trinajstić information content (AvgIpc) is 2.39. The smallest absolute Gasteiger partial charge is 0.371 e. The molecule has 1 aromatic rings. The first-order valence-electron chi connectivity index (χ1n) is 5.56. The summed E-state index contributed by atoms with van der Waals surface area (Å²) in [6.07, 6.45) is 1.33. The highest BCUT2D eigenvalue weighted by Gasteiger charge is 2.13. The number of carbonyl (C=O) groups is 1. The van der Waals surface area contributed by atoms with E-state index < -0.39 is 5.97 Å². The lowest BCUT2D eigenvalue weighted by atomic mass is 10.1. The Balaban J connectivity index is 3.26. The second-order valence-corrected chi connectivity index (χ2v) is 3.52. The number of aromatic hydroxyl groups is 1. The number of hydrogen-bond donors (Lipinski definition) is 2. The van der Waals surface area contributed by atoms with Crippen molar-refractivity contribution in [2.75, 3.05) is 20.8 Å². The van der Waals surface area contributed by atoms with Crippen LogP contribution in [0.5, 0.6) is 17.2 Å². The molecule has 0 aliphatic rings. The summed E-state index contributed by atoms with van der Waals surface area (Å²) >= 11 is 0. The van der Waals surface area contributed by atoms with E-state index in [-0.39, 0.29) is 29.6 Å². The Bertz CT molecular complexity index is 467. The number of carboxylic acid groups (broad SMARTS) is 1. The predicted molar refractivity (Wildman–Crippen MR) is 68.4 cm³/mol. The number of aliphatic carboxylic acids is 1. The van der Waals surface area contributed by atoms with Crippen molar-refractivity contribution in [3.8, 4) is 17.2 Å². The maximum atomic E-state index is 11.0. The second kappa shape index (κ2) is 6.53. The lowest BCUT2D eigenvalue weighted by Crippen LogP contribution is -2.04. The normalized spacial score (nSPS) is 11.0. The van der Waals surface area contributed by atoms with Crippen LogP contribution in [0.1, 0.15) is 12.5 Å². The van der Waals surface area contributed by atoms with E-state index in [0.29, 0.717) is 5.56 Å². The molecule has 0 aliphatic carbocycles. The summed E-state index contributed by atoms with van der Waals surface area (Å²) in [7, 11) is 2.78. The molecule has 0 radical (unpaired) electrons. The number of ether oxygens (including phenoxy) is 3. The number of phenols is 1. The van der Waals surface area contributed by atoms with Gasteiger partial charge in [0.2, 0.25) is 11.5 Å². The maximum absolute atomic E-state index is 11.0. The van der Waals surface area contributed by atoms with E-state index in [0.717, 1.165) is 0 Å². The van der Waals surface area contributed by atoms with Crippen molar-refractivity contribution in [2.45, 2.75) is 6.92 Å². The van der Waals surface area contributed by atoms with E-state index in [9.17, 15) is 9.90 Å². The highest BCUT2D eigenvalue weighted by atomic mass is 16.5. The number of rotatable bonds is 6. The third-order valence-corrected chi connectivity index (χ3v) is 2.31. The molecule has 1 rings (SSSR count). The minimum Gasteiger partial charge on any atom is -0.502 e. The van der Waals surface area contributed by atoms with Gasteiger partial charge in [0.25, 0.3) is 0 Å². The van der Waals surface area contributed by atoms with Gasteiger partial charge < -0.3 is 24.4 Å². The van der Waals surface area contributed by atoms with Crippen LogP contribution in [-0.4, -0.2) is 37.0 Å². The lowest BCUT2D eigenvalue weighted by Gasteiger charge is -2.10. The molecule has 0 atom stereocenters. The zero-order valence-corrected chi connectivity index (χ0v) is 11.0. The first kappa shape index (κ1) is 14.7. The molecule has 19 heavy (non-hydrogen) atoms. The monoisotopic (exact) mass is 268 g/mol. The quantitative estimate of drug-likeness (QED) is 0.605. The van der Waals surface area contributed by atoms with Crippen LogP contribution in [0.3, 0.4) is 0 Å². The first-order chi connectivity index (χ1) is 9.03. The van der Waals surface area contributed by atoms with E-state index in [2.05, 4.69) is 0 Å². The molecular formula is C13H16O6. The second-order valence-electron chi connectivity index (χ2n) is 3.52. The van der Waals surface area contributed by atoms with Crippen LogP contribution in [-0.2, 0) is 9.53 Å². The van der Waals surface area contributed by atoms with Gasteiger partial charge in [-0.3, -0.25) is 0 Å². The zero-order valence-electron chi connectivity index (χ0n) is 11.0. The fourth-order valence-electron chi connectivity index (χ4n) is 1.47. The summed E-state index contributed by atoms with van der Waals surface area (Å²) in [5.74, 6) is -1.14. The summed E-state index contributed by atoms with van der Waals surface area (Å²) in [4.78, 5) is 11.0. The van der Waals surface area contributed by atoms with Crippen molar-refractivity contribution in [1.82, 2.24) is 0 Å². The van der Waals surface area contributed by atoms with Crippen LogP contribution >= 0.6 is 0 Å². The van der Waals surface area contributed by atoms with Gasteiger partial charge in [-0.05, 0) is 30.7 Å². The molecule has 0 bridgehead atoms. The van der Waals surface area contributed by atoms with Crippen LogP contribution in [0.4, 0.5) is 0 Å². The fraction of sp³-hybridized carbons (Fsp3) is 0.308. The SMILES string of the molecule is CCO/C(=C\c1cc(OC)c(O)c(OC)c1)C(=O)O. The number of methoxy groups -OCH3 is 2. The Kier molecular flexibility index (Phi) is 5.05. The Morgan fingerprint density at radius 1 is 1.26 bits per heavy atom. The molecule has 0 unspecified atom stereocenters. The number of benzene rings is 1. The molecule has 0 spiro atoms. The molecule has 0 fully saturated rings. The van der Waals surface area contributed by atoms with Crippen molar-refractivity contribution in [3.05, 3.63) is 23.5 Å². The molecule has 6 heteroatoms. The summed E-state index contributed by atoms with van der Waals surface area (Å²) in [5.41, 5.74) is 0.484. The largest absolute Gasteiger partial charge is 0.502 e. The highest BCUT2D eigenvalue weighted by molar-refractivity contribution is 5.90. The number of phenolic OH excluding ortho intramolecular Hbond substituents is 1. The predicted octanol–water partition coefficient (Wildman–Crippen LogP) is 1.87. The van der Waals surface area contributed by atoms with Crippen LogP contribution in [0.15, 0.2) is 17.9 Å². The topological polar surface area (TPSA) is 85.2 Å². The Labute approximate surface area is 110 Å². The van der Waals surface area contributed by atoms with E-state index in [1.165, 1.54) is 32.4 Å². The van der Waals surface area contributed by atoms with Gasteiger partial charge in [0.1, 0.15) is 0 Å². The third kappa shape index (κ3) is 3.54. The molecule has 104 valence electrons. The summed E-state index contributed by atoms with van der Waals surface area (Å²) in [5, 5.41) is 18.7. The maximum Gasteiger partial charge on any atom is 0.371 e. The third-order valence-electron chi connectivity index (χ3n) is 2.31. The van der Waals surface area contributed by atoms with Crippen LogP contribution in [0.2, 0.25) is 0 Å². The number of hydrogen-bond acceptors (Lipinski definition) is 5. The van der Waals surface area contributed by atoms with Crippen molar-refractivity contribution >= 4 is 12.0 Å². The van der Waals surface area contributed by atoms with Crippen molar-refractivity contribution in [2.24, 2.45) is 0 Å². The zero-order chi connectivity index (χ0) is 14.4. The Hall–Kier alpha value is -2.37. The van der Waals surface area contributed by atoms with Gasteiger partial charge in [0.15, 0.2) is 11.5 Å². The number of carboxylic acids is 1. The molecular weight excluding hydrogens is 252 g/mol. The van der Waals surface area contributed by atoms with E-state index in [4.69, 9.17) is 19.3 Å². The Morgan fingerprint density at radius 2 is 1.79 bits per heavy atom. The summed E-state index contributed by atoms with van der Waals surface area (Å²) in [6.45, 7) is 1.93. The minimum atomic E-state index is -1.17. The van der Waals surface area contributed by atoms with Crippen molar-refractivity contribution in [3.63, 3.8) is 0 Å². The van der Waals surface area contributed by atoms with Crippen LogP contribution in [0, 0.1) is 0 Å². The summed E-state index contributed by atoms with van der Waals surface area (Å²) in [6, 6.07) is 2.97. The molecule has 6 nitrogen and oxygen atoms in total. The lowest BCUT2D eigenvalue weighted by molar-refractivity contribution is -0.136. The molecule has 0 aromatic heterocycles.